The second kappa shape index (κ2) is 5.16. The van der Waals surface area contributed by atoms with Crippen molar-refractivity contribution < 1.29 is 13.2 Å². The number of morpholine rings is 1. The average Bonchev–Trinajstić information content (AvgIpc) is 2.30. The summed E-state index contributed by atoms with van der Waals surface area (Å²) >= 11 is 0. The van der Waals surface area contributed by atoms with Crippen LogP contribution >= 0.6 is 0 Å². The van der Waals surface area contributed by atoms with Gasteiger partial charge in [0.05, 0.1) is 25.5 Å². The van der Waals surface area contributed by atoms with Crippen molar-refractivity contribution in [3.05, 3.63) is 35.9 Å². The van der Waals surface area contributed by atoms with Crippen molar-refractivity contribution in [3.63, 3.8) is 0 Å². The van der Waals surface area contributed by atoms with Crippen molar-refractivity contribution in [2.24, 2.45) is 0 Å². The van der Waals surface area contributed by atoms with E-state index in [1.807, 2.05) is 30.3 Å². The van der Waals surface area contributed by atoms with Crippen LogP contribution in [-0.4, -0.2) is 44.8 Å². The van der Waals surface area contributed by atoms with Crippen LogP contribution in [0, 0.1) is 0 Å². The van der Waals surface area contributed by atoms with Crippen molar-refractivity contribution >= 4 is 10.0 Å². The number of sulfonamides is 1. The van der Waals surface area contributed by atoms with Crippen LogP contribution in [-0.2, 0) is 21.2 Å². The minimum Gasteiger partial charge on any atom is -0.378 e. The molecule has 0 aliphatic carbocycles. The van der Waals surface area contributed by atoms with E-state index in [0.29, 0.717) is 26.2 Å². The predicted molar refractivity (Wildman–Crippen MR) is 66.3 cm³/mol. The predicted octanol–water partition coefficient (Wildman–Crippen LogP) is 0.889. The normalized spacial score (nSPS) is 22.5. The summed E-state index contributed by atoms with van der Waals surface area (Å²) < 4.78 is 30.2. The fourth-order valence-electron chi connectivity index (χ4n) is 2.12. The molecule has 2 rings (SSSR count). The zero-order valence-electron chi connectivity index (χ0n) is 9.87. The molecule has 1 heterocycles. The third-order valence-corrected chi connectivity index (χ3v) is 4.25. The van der Waals surface area contributed by atoms with E-state index >= 15 is 0 Å². The van der Waals surface area contributed by atoms with Crippen LogP contribution in [0.1, 0.15) is 5.56 Å². The fraction of sp³-hybridized carbons (Fsp3) is 0.500. The molecule has 0 radical (unpaired) electrons. The van der Waals surface area contributed by atoms with Gasteiger partial charge in [-0.25, -0.2) is 8.42 Å². The lowest BCUT2D eigenvalue weighted by Gasteiger charge is -2.33. The summed E-state index contributed by atoms with van der Waals surface area (Å²) in [5.74, 6) is 0. The third kappa shape index (κ3) is 3.28. The largest absolute Gasteiger partial charge is 0.378 e. The average molecular weight is 255 g/mol. The van der Waals surface area contributed by atoms with Gasteiger partial charge < -0.3 is 4.74 Å². The molecule has 0 N–H and O–H groups in total. The Morgan fingerprint density at radius 2 is 2.06 bits per heavy atom. The van der Waals surface area contributed by atoms with Crippen molar-refractivity contribution in [2.75, 3.05) is 26.0 Å². The van der Waals surface area contributed by atoms with Crippen molar-refractivity contribution in [3.8, 4) is 0 Å². The zero-order chi connectivity index (χ0) is 12.3. The van der Waals surface area contributed by atoms with E-state index in [1.165, 1.54) is 6.26 Å². The highest BCUT2D eigenvalue weighted by molar-refractivity contribution is 7.88. The minimum atomic E-state index is -3.14. The SMILES string of the molecule is CS(=O)(=O)N1CCOC[C@@H]1Cc1ccccc1. The molecule has 0 aromatic heterocycles. The van der Waals surface area contributed by atoms with Gasteiger partial charge in [0.1, 0.15) is 0 Å². The van der Waals surface area contributed by atoms with Gasteiger partial charge in [0, 0.05) is 6.54 Å². The van der Waals surface area contributed by atoms with Crippen molar-refractivity contribution in [1.29, 1.82) is 0 Å². The first-order chi connectivity index (χ1) is 8.07. The molecule has 0 spiro atoms. The highest BCUT2D eigenvalue weighted by Gasteiger charge is 2.29. The smallest absolute Gasteiger partial charge is 0.211 e. The molecule has 0 saturated carbocycles. The Hall–Kier alpha value is -0.910. The number of hydrogen-bond acceptors (Lipinski definition) is 3. The van der Waals surface area contributed by atoms with Gasteiger partial charge in [-0.2, -0.15) is 4.31 Å². The van der Waals surface area contributed by atoms with E-state index in [1.54, 1.807) is 4.31 Å². The second-order valence-corrected chi connectivity index (χ2v) is 6.23. The molecule has 0 bridgehead atoms. The minimum absolute atomic E-state index is 0.0823. The first kappa shape index (κ1) is 12.5. The Labute approximate surface area is 102 Å². The molecule has 17 heavy (non-hydrogen) atoms. The van der Waals surface area contributed by atoms with Gasteiger partial charge in [-0.1, -0.05) is 30.3 Å². The molecule has 94 valence electrons. The molecular formula is C12H17NO3S. The van der Waals surface area contributed by atoms with Gasteiger partial charge in [-0.05, 0) is 12.0 Å². The molecule has 1 fully saturated rings. The summed E-state index contributed by atoms with van der Waals surface area (Å²) in [6.45, 7) is 1.41. The topological polar surface area (TPSA) is 46.6 Å². The Bertz CT molecular complexity index is 458. The summed E-state index contributed by atoms with van der Waals surface area (Å²) in [7, 11) is -3.14. The van der Waals surface area contributed by atoms with Gasteiger partial charge >= 0.3 is 0 Å². The van der Waals surface area contributed by atoms with Gasteiger partial charge in [0.25, 0.3) is 0 Å². The number of rotatable bonds is 3. The lowest BCUT2D eigenvalue weighted by molar-refractivity contribution is 0.0332. The molecule has 1 aromatic rings. The lowest BCUT2D eigenvalue weighted by Crippen LogP contribution is -2.49. The molecular weight excluding hydrogens is 238 g/mol. The summed E-state index contributed by atoms with van der Waals surface area (Å²) in [5, 5.41) is 0. The van der Waals surface area contributed by atoms with Crippen LogP contribution in [0.15, 0.2) is 30.3 Å². The van der Waals surface area contributed by atoms with Crippen LogP contribution in [0.25, 0.3) is 0 Å². The first-order valence-corrected chi connectivity index (χ1v) is 7.50. The fourth-order valence-corrected chi connectivity index (χ4v) is 3.21. The third-order valence-electron chi connectivity index (χ3n) is 2.91. The summed E-state index contributed by atoms with van der Waals surface area (Å²) in [6, 6.07) is 9.81. The zero-order valence-corrected chi connectivity index (χ0v) is 10.7. The van der Waals surface area contributed by atoms with Crippen molar-refractivity contribution in [1.82, 2.24) is 4.31 Å². The van der Waals surface area contributed by atoms with Crippen LogP contribution in [0.2, 0.25) is 0 Å². The highest BCUT2D eigenvalue weighted by atomic mass is 32.2. The van der Waals surface area contributed by atoms with E-state index in [0.717, 1.165) is 5.56 Å². The first-order valence-electron chi connectivity index (χ1n) is 5.66. The van der Waals surface area contributed by atoms with Crippen LogP contribution in [0.3, 0.4) is 0 Å². The standard InChI is InChI=1S/C12H17NO3S/c1-17(14,15)13-7-8-16-10-12(13)9-11-5-3-2-4-6-11/h2-6,12H,7-10H2,1H3/t12-/m0/s1. The molecule has 1 aliphatic rings. The molecule has 1 aromatic carbocycles. The Balaban J connectivity index is 2.13. The van der Waals surface area contributed by atoms with Crippen LogP contribution in [0.5, 0.6) is 0 Å². The second-order valence-electron chi connectivity index (χ2n) is 4.29. The van der Waals surface area contributed by atoms with Gasteiger partial charge in [-0.3, -0.25) is 0 Å². The number of hydrogen-bond donors (Lipinski definition) is 0. The summed E-state index contributed by atoms with van der Waals surface area (Å²) in [4.78, 5) is 0. The van der Waals surface area contributed by atoms with Gasteiger partial charge in [-0.15, -0.1) is 0 Å². The molecule has 0 amide bonds. The Morgan fingerprint density at radius 3 is 2.71 bits per heavy atom. The molecule has 4 nitrogen and oxygen atoms in total. The van der Waals surface area contributed by atoms with Crippen LogP contribution in [0.4, 0.5) is 0 Å². The van der Waals surface area contributed by atoms with Crippen molar-refractivity contribution in [2.45, 2.75) is 12.5 Å². The Morgan fingerprint density at radius 1 is 1.35 bits per heavy atom. The monoisotopic (exact) mass is 255 g/mol. The maximum absolute atomic E-state index is 11.7. The van der Waals surface area contributed by atoms with E-state index in [4.69, 9.17) is 4.74 Å². The molecule has 1 atom stereocenters. The quantitative estimate of drug-likeness (QED) is 0.806. The lowest BCUT2D eigenvalue weighted by atomic mass is 10.1. The maximum atomic E-state index is 11.7. The molecule has 0 unspecified atom stereocenters. The Kier molecular flexibility index (Phi) is 3.81. The molecule has 1 aliphatic heterocycles. The van der Waals surface area contributed by atoms with Crippen LogP contribution < -0.4 is 0 Å². The number of nitrogens with zero attached hydrogens (tertiary/aromatic N) is 1. The summed E-state index contributed by atoms with van der Waals surface area (Å²) in [6.07, 6.45) is 1.96. The van der Waals surface area contributed by atoms with Gasteiger partial charge in [0.15, 0.2) is 0 Å². The summed E-state index contributed by atoms with van der Waals surface area (Å²) in [5.41, 5.74) is 1.14. The van der Waals surface area contributed by atoms with E-state index in [9.17, 15) is 8.42 Å². The molecule has 1 saturated heterocycles. The van der Waals surface area contributed by atoms with E-state index in [2.05, 4.69) is 0 Å². The van der Waals surface area contributed by atoms with Gasteiger partial charge in [0.2, 0.25) is 10.0 Å². The number of ether oxygens (including phenoxy) is 1. The van der Waals surface area contributed by atoms with E-state index in [-0.39, 0.29) is 6.04 Å². The maximum Gasteiger partial charge on any atom is 0.211 e. The molecule has 5 heteroatoms. The highest BCUT2D eigenvalue weighted by Crippen LogP contribution is 2.15. The number of benzene rings is 1. The van der Waals surface area contributed by atoms with E-state index < -0.39 is 10.0 Å².